The Kier molecular flexibility index (Phi) is 5.94. The van der Waals surface area contributed by atoms with E-state index in [4.69, 9.17) is 21.1 Å². The first-order valence-corrected chi connectivity index (χ1v) is 10.0. The van der Waals surface area contributed by atoms with E-state index >= 15 is 0 Å². The van der Waals surface area contributed by atoms with E-state index in [1.165, 1.54) is 18.7 Å². The van der Waals surface area contributed by atoms with Crippen LogP contribution in [0.15, 0.2) is 24.3 Å². The molecule has 4 nitrogen and oxygen atoms in total. The molecule has 0 amide bonds. The second kappa shape index (κ2) is 8.36. The Morgan fingerprint density at radius 2 is 1.76 bits per heavy atom. The molecule has 2 atom stereocenters. The van der Waals surface area contributed by atoms with Crippen molar-refractivity contribution in [3.63, 3.8) is 0 Å². The number of rotatable bonds is 8. The van der Waals surface area contributed by atoms with E-state index in [0.717, 1.165) is 81.8 Å². The number of fused-ring (bicyclic) bond motifs is 1. The van der Waals surface area contributed by atoms with Gasteiger partial charge in [0.05, 0.1) is 19.8 Å². The van der Waals surface area contributed by atoms with Gasteiger partial charge in [-0.25, -0.2) is 0 Å². The van der Waals surface area contributed by atoms with Crippen molar-refractivity contribution in [3.8, 4) is 0 Å². The average molecular weight is 365 g/mol. The summed E-state index contributed by atoms with van der Waals surface area (Å²) in [6.45, 7) is 10.5. The normalized spacial score (nSPS) is 29.7. The summed E-state index contributed by atoms with van der Waals surface area (Å²) in [6, 6.07) is 8.26. The van der Waals surface area contributed by atoms with Gasteiger partial charge in [-0.2, -0.15) is 0 Å². The van der Waals surface area contributed by atoms with Crippen LogP contribution in [0.25, 0.3) is 0 Å². The lowest BCUT2D eigenvalue weighted by Crippen LogP contribution is -2.37. The number of benzene rings is 1. The van der Waals surface area contributed by atoms with Gasteiger partial charge in [-0.3, -0.25) is 9.80 Å². The predicted molar refractivity (Wildman–Crippen MR) is 99.9 cm³/mol. The van der Waals surface area contributed by atoms with Crippen LogP contribution < -0.4 is 0 Å². The molecule has 0 aromatic heterocycles. The zero-order valence-corrected chi connectivity index (χ0v) is 15.7. The van der Waals surface area contributed by atoms with Crippen molar-refractivity contribution in [2.75, 3.05) is 59.2 Å². The predicted octanol–water partition coefficient (Wildman–Crippen LogP) is 2.76. The van der Waals surface area contributed by atoms with Gasteiger partial charge in [0.2, 0.25) is 0 Å². The highest BCUT2D eigenvalue weighted by Gasteiger charge is 2.55. The lowest BCUT2D eigenvalue weighted by Gasteiger charge is -2.26. The van der Waals surface area contributed by atoms with Gasteiger partial charge in [0.25, 0.3) is 0 Å². The van der Waals surface area contributed by atoms with Crippen LogP contribution in [0.5, 0.6) is 0 Å². The minimum absolute atomic E-state index is 0.810. The van der Waals surface area contributed by atoms with Gasteiger partial charge in [-0.15, -0.1) is 0 Å². The standard InChI is InChI=1S/C20H29ClN2O2/c21-17-4-2-16(3-5-17)12-23-13-18-19(14-23)20(18)15-25-9-1-6-22-7-10-24-11-8-22/h2-5,18-20H,1,6-15H2. The maximum Gasteiger partial charge on any atom is 0.0594 e. The molecule has 3 fully saturated rings. The Morgan fingerprint density at radius 3 is 2.48 bits per heavy atom. The summed E-state index contributed by atoms with van der Waals surface area (Å²) in [5.41, 5.74) is 1.36. The van der Waals surface area contributed by atoms with Gasteiger partial charge in [0.1, 0.15) is 0 Å². The summed E-state index contributed by atoms with van der Waals surface area (Å²) < 4.78 is 11.3. The van der Waals surface area contributed by atoms with Gasteiger partial charge in [-0.1, -0.05) is 23.7 Å². The van der Waals surface area contributed by atoms with Gasteiger partial charge < -0.3 is 9.47 Å². The summed E-state index contributed by atoms with van der Waals surface area (Å²) in [5.74, 6) is 2.54. The Hall–Kier alpha value is -0.650. The summed E-state index contributed by atoms with van der Waals surface area (Å²) in [7, 11) is 0. The van der Waals surface area contributed by atoms with Crippen molar-refractivity contribution >= 4 is 11.6 Å². The molecule has 4 rings (SSSR count). The molecule has 2 unspecified atom stereocenters. The average Bonchev–Trinajstić information content (AvgIpc) is 3.09. The largest absolute Gasteiger partial charge is 0.381 e. The van der Waals surface area contributed by atoms with Crippen molar-refractivity contribution in [1.82, 2.24) is 9.80 Å². The zero-order valence-electron chi connectivity index (χ0n) is 14.9. The highest BCUT2D eigenvalue weighted by atomic mass is 35.5. The molecule has 25 heavy (non-hydrogen) atoms. The number of hydrogen-bond donors (Lipinski definition) is 0. The second-order valence-electron chi connectivity index (χ2n) is 7.69. The number of morpholine rings is 1. The molecule has 0 radical (unpaired) electrons. The molecule has 2 saturated heterocycles. The van der Waals surface area contributed by atoms with E-state index in [-0.39, 0.29) is 0 Å². The number of ether oxygens (including phenoxy) is 2. The van der Waals surface area contributed by atoms with Gasteiger partial charge >= 0.3 is 0 Å². The van der Waals surface area contributed by atoms with Crippen LogP contribution in [0.3, 0.4) is 0 Å². The molecule has 1 aromatic carbocycles. The fourth-order valence-corrected chi connectivity index (χ4v) is 4.52. The molecule has 0 bridgehead atoms. The van der Waals surface area contributed by atoms with E-state index in [2.05, 4.69) is 21.9 Å². The third-order valence-corrected chi connectivity index (χ3v) is 6.20. The Balaban J connectivity index is 1.07. The molecule has 0 spiro atoms. The number of hydrogen-bond acceptors (Lipinski definition) is 4. The van der Waals surface area contributed by atoms with E-state index < -0.39 is 0 Å². The third-order valence-electron chi connectivity index (χ3n) is 5.94. The molecule has 5 heteroatoms. The van der Waals surface area contributed by atoms with Gasteiger partial charge in [0.15, 0.2) is 0 Å². The van der Waals surface area contributed by atoms with Crippen LogP contribution in [0.1, 0.15) is 12.0 Å². The molecule has 138 valence electrons. The fraction of sp³-hybridized carbons (Fsp3) is 0.700. The number of nitrogens with zero attached hydrogens (tertiary/aromatic N) is 2. The van der Waals surface area contributed by atoms with E-state index in [1.54, 1.807) is 0 Å². The van der Waals surface area contributed by atoms with Gasteiger partial charge in [-0.05, 0) is 41.9 Å². The first-order chi connectivity index (χ1) is 12.3. The van der Waals surface area contributed by atoms with E-state index in [1.807, 2.05) is 12.1 Å². The third kappa shape index (κ3) is 4.75. The monoisotopic (exact) mass is 364 g/mol. The fourth-order valence-electron chi connectivity index (χ4n) is 4.40. The van der Waals surface area contributed by atoms with E-state index in [0.29, 0.717) is 0 Å². The smallest absolute Gasteiger partial charge is 0.0594 e. The summed E-state index contributed by atoms with van der Waals surface area (Å²) in [5, 5.41) is 0.818. The quantitative estimate of drug-likeness (QED) is 0.662. The van der Waals surface area contributed by atoms with Crippen LogP contribution in [0.4, 0.5) is 0 Å². The van der Waals surface area contributed by atoms with E-state index in [9.17, 15) is 0 Å². The summed E-state index contributed by atoms with van der Waals surface area (Å²) in [4.78, 5) is 5.06. The number of halogens is 1. The van der Waals surface area contributed by atoms with Crippen molar-refractivity contribution in [3.05, 3.63) is 34.9 Å². The van der Waals surface area contributed by atoms with Crippen molar-refractivity contribution in [2.24, 2.45) is 17.8 Å². The zero-order chi connectivity index (χ0) is 17.1. The first-order valence-electron chi connectivity index (χ1n) is 9.64. The molecule has 0 N–H and O–H groups in total. The summed E-state index contributed by atoms with van der Waals surface area (Å²) >= 11 is 5.96. The molecule has 1 aliphatic carbocycles. The lowest BCUT2D eigenvalue weighted by molar-refractivity contribution is 0.0308. The highest BCUT2D eigenvalue weighted by Crippen LogP contribution is 2.51. The second-order valence-corrected chi connectivity index (χ2v) is 8.13. The minimum atomic E-state index is 0.810. The van der Waals surface area contributed by atoms with Crippen molar-refractivity contribution in [2.45, 2.75) is 13.0 Å². The van der Waals surface area contributed by atoms with Crippen molar-refractivity contribution in [1.29, 1.82) is 0 Å². The Bertz CT molecular complexity index is 535. The maximum atomic E-state index is 5.96. The molecule has 1 aromatic rings. The van der Waals surface area contributed by atoms with Gasteiger partial charge in [0, 0.05) is 50.9 Å². The van der Waals surface area contributed by atoms with Crippen LogP contribution in [-0.2, 0) is 16.0 Å². The van der Waals surface area contributed by atoms with Crippen molar-refractivity contribution < 1.29 is 9.47 Å². The molecule has 3 aliphatic rings. The molecule has 1 saturated carbocycles. The van der Waals surface area contributed by atoms with Crippen LogP contribution in [0, 0.1) is 17.8 Å². The highest BCUT2D eigenvalue weighted by molar-refractivity contribution is 6.30. The summed E-state index contributed by atoms with van der Waals surface area (Å²) in [6.07, 6.45) is 1.14. The topological polar surface area (TPSA) is 24.9 Å². The first kappa shape index (κ1) is 17.7. The van der Waals surface area contributed by atoms with Crippen LogP contribution >= 0.6 is 11.6 Å². The Morgan fingerprint density at radius 1 is 1.04 bits per heavy atom. The van der Waals surface area contributed by atoms with Crippen LogP contribution in [0.2, 0.25) is 5.02 Å². The molecule has 2 heterocycles. The van der Waals surface area contributed by atoms with Crippen LogP contribution in [-0.4, -0.2) is 69.0 Å². The molecular formula is C20H29ClN2O2. The molecule has 2 aliphatic heterocycles. The number of likely N-dealkylation sites (tertiary alicyclic amines) is 1. The number of piperidine rings is 1. The molecular weight excluding hydrogens is 336 g/mol. The minimum Gasteiger partial charge on any atom is -0.381 e. The maximum absolute atomic E-state index is 5.96. The Labute approximate surface area is 156 Å². The SMILES string of the molecule is Clc1ccc(CN2CC3C(COCCCN4CCOCC4)C3C2)cc1. The lowest BCUT2D eigenvalue weighted by atomic mass is 10.2.